The van der Waals surface area contributed by atoms with Crippen LogP contribution in [0.3, 0.4) is 0 Å². The van der Waals surface area contributed by atoms with E-state index in [2.05, 4.69) is 0 Å². The number of nitrogens with two attached hydrogens (primary N) is 1. The maximum atomic E-state index is 13.0. The van der Waals surface area contributed by atoms with Crippen LogP contribution >= 0.6 is 12.4 Å². The van der Waals surface area contributed by atoms with E-state index < -0.39 is 0 Å². The van der Waals surface area contributed by atoms with Crippen molar-refractivity contribution in [1.29, 1.82) is 0 Å². The Hall–Kier alpha value is -2.04. The highest BCUT2D eigenvalue weighted by atomic mass is 35.5. The number of carbonyl (C=O) groups excluding carboxylic acids is 1. The van der Waals surface area contributed by atoms with Crippen molar-refractivity contribution in [1.82, 2.24) is 4.90 Å². The molecule has 2 atom stereocenters. The summed E-state index contributed by atoms with van der Waals surface area (Å²) in [5.41, 5.74) is 9.18. The summed E-state index contributed by atoms with van der Waals surface area (Å²) in [6, 6.07) is 15.6. The van der Waals surface area contributed by atoms with Gasteiger partial charge in [0.1, 0.15) is 6.10 Å². The van der Waals surface area contributed by atoms with Crippen LogP contribution in [0.2, 0.25) is 0 Å². The first kappa shape index (κ1) is 18.3. The first-order valence-electron chi connectivity index (χ1n) is 7.90. The third-order valence-corrected chi connectivity index (χ3v) is 4.36. The number of rotatable bonds is 2. The molecule has 0 bridgehead atoms. The number of anilines is 1. The van der Waals surface area contributed by atoms with E-state index in [-0.39, 0.29) is 30.5 Å². The Bertz CT molecular complexity index is 706. The molecule has 24 heavy (non-hydrogen) atoms. The lowest BCUT2D eigenvalue weighted by Crippen LogP contribution is -2.48. The van der Waals surface area contributed by atoms with E-state index in [1.165, 1.54) is 0 Å². The maximum absolute atomic E-state index is 13.0. The Morgan fingerprint density at radius 2 is 1.92 bits per heavy atom. The van der Waals surface area contributed by atoms with Crippen LogP contribution in [0.15, 0.2) is 48.5 Å². The number of amides is 1. The van der Waals surface area contributed by atoms with Crippen LogP contribution in [-0.2, 0) is 4.74 Å². The smallest absolute Gasteiger partial charge is 0.254 e. The van der Waals surface area contributed by atoms with Crippen LogP contribution in [0.1, 0.15) is 34.5 Å². The second kappa shape index (κ2) is 7.69. The van der Waals surface area contributed by atoms with Crippen LogP contribution in [0, 0.1) is 6.92 Å². The molecule has 0 aromatic heterocycles. The predicted octanol–water partition coefficient (Wildman–Crippen LogP) is 3.60. The van der Waals surface area contributed by atoms with E-state index in [0.717, 1.165) is 11.1 Å². The molecule has 3 rings (SSSR count). The highest BCUT2D eigenvalue weighted by Crippen LogP contribution is 2.27. The third kappa shape index (κ3) is 3.71. The number of hydrogen-bond acceptors (Lipinski definition) is 3. The Morgan fingerprint density at radius 3 is 2.62 bits per heavy atom. The molecular formula is C19H23ClN2O2. The lowest BCUT2D eigenvalue weighted by atomic mass is 10.0. The summed E-state index contributed by atoms with van der Waals surface area (Å²) >= 11 is 0. The summed E-state index contributed by atoms with van der Waals surface area (Å²) in [5, 5.41) is 0. The fraction of sp³-hybridized carbons (Fsp3) is 0.316. The van der Waals surface area contributed by atoms with Gasteiger partial charge in [-0.15, -0.1) is 12.4 Å². The second-order valence-corrected chi connectivity index (χ2v) is 6.11. The van der Waals surface area contributed by atoms with E-state index in [9.17, 15) is 4.79 Å². The molecular weight excluding hydrogens is 324 g/mol. The SMILES string of the molecule is Cc1ccc(N)cc1C(=O)N1CC(c2ccccc2)OCC1C.Cl. The van der Waals surface area contributed by atoms with E-state index in [1.54, 1.807) is 6.07 Å². The summed E-state index contributed by atoms with van der Waals surface area (Å²) in [7, 11) is 0. The average Bonchev–Trinajstić information content (AvgIpc) is 2.58. The van der Waals surface area contributed by atoms with Gasteiger partial charge in [-0.1, -0.05) is 36.4 Å². The molecule has 5 heteroatoms. The van der Waals surface area contributed by atoms with Crippen LogP contribution in [-0.4, -0.2) is 30.0 Å². The van der Waals surface area contributed by atoms with Gasteiger partial charge in [0.2, 0.25) is 0 Å². The van der Waals surface area contributed by atoms with Crippen molar-refractivity contribution in [2.75, 3.05) is 18.9 Å². The monoisotopic (exact) mass is 346 g/mol. The molecule has 2 aromatic carbocycles. The molecule has 1 fully saturated rings. The van der Waals surface area contributed by atoms with Crippen molar-refractivity contribution in [3.05, 3.63) is 65.2 Å². The number of hydrogen-bond donors (Lipinski definition) is 1. The molecule has 0 radical (unpaired) electrons. The molecule has 128 valence electrons. The van der Waals surface area contributed by atoms with Crippen molar-refractivity contribution in [3.63, 3.8) is 0 Å². The van der Waals surface area contributed by atoms with Gasteiger partial charge < -0.3 is 15.4 Å². The lowest BCUT2D eigenvalue weighted by molar-refractivity contribution is -0.0486. The lowest BCUT2D eigenvalue weighted by Gasteiger charge is -2.38. The fourth-order valence-corrected chi connectivity index (χ4v) is 2.93. The summed E-state index contributed by atoms with van der Waals surface area (Å²) in [6.07, 6.45) is -0.0854. The standard InChI is InChI=1S/C19H22N2O2.ClH/c1-13-8-9-16(20)10-17(13)19(22)21-11-18(23-12-14(21)2)15-6-4-3-5-7-15;/h3-10,14,18H,11-12,20H2,1-2H3;1H. The third-order valence-electron chi connectivity index (χ3n) is 4.36. The number of nitrogen functional groups attached to an aromatic ring is 1. The largest absolute Gasteiger partial charge is 0.399 e. The van der Waals surface area contributed by atoms with E-state index in [4.69, 9.17) is 10.5 Å². The second-order valence-electron chi connectivity index (χ2n) is 6.11. The molecule has 1 aliphatic rings. The number of benzene rings is 2. The molecule has 1 saturated heterocycles. The predicted molar refractivity (Wildman–Crippen MR) is 98.5 cm³/mol. The summed E-state index contributed by atoms with van der Waals surface area (Å²) in [6.45, 7) is 5.04. The number of ether oxygens (including phenoxy) is 1. The number of halogens is 1. The Balaban J connectivity index is 0.00000208. The summed E-state index contributed by atoms with van der Waals surface area (Å²) < 4.78 is 5.93. The molecule has 1 heterocycles. The number of carbonyl (C=O) groups is 1. The summed E-state index contributed by atoms with van der Waals surface area (Å²) in [5.74, 6) is 0.0199. The topological polar surface area (TPSA) is 55.6 Å². The minimum absolute atomic E-state index is 0. The van der Waals surface area contributed by atoms with E-state index in [1.807, 2.05) is 61.2 Å². The van der Waals surface area contributed by atoms with Crippen molar-refractivity contribution in [2.24, 2.45) is 0 Å². The minimum atomic E-state index is -0.0854. The van der Waals surface area contributed by atoms with Gasteiger partial charge in [0, 0.05) is 11.3 Å². The Kier molecular flexibility index (Phi) is 5.86. The molecule has 0 saturated carbocycles. The highest BCUT2D eigenvalue weighted by Gasteiger charge is 2.31. The highest BCUT2D eigenvalue weighted by molar-refractivity contribution is 5.96. The van der Waals surface area contributed by atoms with Gasteiger partial charge in [-0.25, -0.2) is 0 Å². The Morgan fingerprint density at radius 1 is 1.21 bits per heavy atom. The molecule has 1 amide bonds. The summed E-state index contributed by atoms with van der Waals surface area (Å²) in [4.78, 5) is 14.9. The fourth-order valence-electron chi connectivity index (χ4n) is 2.93. The van der Waals surface area contributed by atoms with Crippen LogP contribution < -0.4 is 5.73 Å². The van der Waals surface area contributed by atoms with Crippen LogP contribution in [0.5, 0.6) is 0 Å². The molecule has 0 spiro atoms. The maximum Gasteiger partial charge on any atom is 0.254 e. The quantitative estimate of drug-likeness (QED) is 0.845. The van der Waals surface area contributed by atoms with Gasteiger partial charge in [0.15, 0.2) is 0 Å². The molecule has 2 aromatic rings. The molecule has 1 aliphatic heterocycles. The molecule has 2 unspecified atom stereocenters. The van der Waals surface area contributed by atoms with E-state index >= 15 is 0 Å². The van der Waals surface area contributed by atoms with Gasteiger partial charge in [0.25, 0.3) is 5.91 Å². The van der Waals surface area contributed by atoms with Crippen molar-refractivity contribution >= 4 is 24.0 Å². The normalized spacial score (nSPS) is 20.3. The van der Waals surface area contributed by atoms with Crippen LogP contribution in [0.25, 0.3) is 0 Å². The minimum Gasteiger partial charge on any atom is -0.399 e. The molecule has 2 N–H and O–H groups in total. The van der Waals surface area contributed by atoms with Gasteiger partial charge in [-0.3, -0.25) is 4.79 Å². The molecule has 0 aliphatic carbocycles. The first-order valence-corrected chi connectivity index (χ1v) is 7.90. The first-order chi connectivity index (χ1) is 11.1. The average molecular weight is 347 g/mol. The van der Waals surface area contributed by atoms with Gasteiger partial charge in [-0.2, -0.15) is 0 Å². The van der Waals surface area contributed by atoms with Crippen molar-refractivity contribution in [2.45, 2.75) is 26.0 Å². The number of morpholine rings is 1. The zero-order valence-corrected chi connectivity index (χ0v) is 14.8. The zero-order chi connectivity index (χ0) is 16.4. The van der Waals surface area contributed by atoms with E-state index in [0.29, 0.717) is 24.4 Å². The molecule has 4 nitrogen and oxygen atoms in total. The van der Waals surface area contributed by atoms with Gasteiger partial charge in [-0.05, 0) is 37.1 Å². The van der Waals surface area contributed by atoms with Crippen molar-refractivity contribution < 1.29 is 9.53 Å². The van der Waals surface area contributed by atoms with Gasteiger partial charge in [0.05, 0.1) is 19.2 Å². The number of aryl methyl sites for hydroxylation is 1. The Labute approximate surface area is 149 Å². The zero-order valence-electron chi connectivity index (χ0n) is 13.9. The van der Waals surface area contributed by atoms with Crippen LogP contribution in [0.4, 0.5) is 5.69 Å². The van der Waals surface area contributed by atoms with Gasteiger partial charge >= 0.3 is 0 Å². The number of nitrogens with zero attached hydrogens (tertiary/aromatic N) is 1. The van der Waals surface area contributed by atoms with Crippen molar-refractivity contribution in [3.8, 4) is 0 Å².